The van der Waals surface area contributed by atoms with Gasteiger partial charge in [0, 0.05) is 31.9 Å². The van der Waals surface area contributed by atoms with Gasteiger partial charge in [-0.25, -0.2) is 9.59 Å². The highest BCUT2D eigenvalue weighted by Crippen LogP contribution is 2.29. The minimum Gasteiger partial charge on any atom is -0.478 e. The van der Waals surface area contributed by atoms with E-state index in [4.69, 9.17) is 0 Å². The molecule has 1 aromatic rings. The highest BCUT2D eigenvalue weighted by molar-refractivity contribution is 6.06. The Kier molecular flexibility index (Phi) is 17.3. The first-order valence-corrected chi connectivity index (χ1v) is 20.8. The number of nitrogens with zero attached hydrogens (tertiary/aromatic N) is 2. The second kappa shape index (κ2) is 22.1. The van der Waals surface area contributed by atoms with Crippen LogP contribution in [0.5, 0.6) is 0 Å². The summed E-state index contributed by atoms with van der Waals surface area (Å²) < 4.78 is 4.61. The lowest BCUT2D eigenvalue weighted by Gasteiger charge is -2.36. The van der Waals surface area contributed by atoms with Crippen LogP contribution in [0.3, 0.4) is 0 Å². The molecule has 2 heterocycles. The molecular weight excluding hydrogens is 791 g/mol. The molecule has 6 amide bonds. The summed E-state index contributed by atoms with van der Waals surface area (Å²) in [6.45, 7) is 4.54. The number of ether oxygens (including phenoxy) is 1. The minimum atomic E-state index is -1.42. The van der Waals surface area contributed by atoms with Gasteiger partial charge in [0.25, 0.3) is 5.91 Å². The number of carboxylic acid groups (broad SMARTS) is 1. The van der Waals surface area contributed by atoms with E-state index in [1.165, 1.54) is 32.5 Å². The summed E-state index contributed by atoms with van der Waals surface area (Å²) in [5, 5.41) is 23.2. The molecule has 0 spiro atoms. The molecule has 2 fully saturated rings. The fourth-order valence-corrected chi connectivity index (χ4v) is 7.94. The minimum absolute atomic E-state index is 0.0717. The topological polar surface area (TPSA) is 259 Å². The highest BCUT2D eigenvalue weighted by atomic mass is 16.5. The lowest BCUT2D eigenvalue weighted by Crippen LogP contribution is -2.61. The number of aromatic nitrogens is 1. The second-order valence-corrected chi connectivity index (χ2v) is 16.8. The van der Waals surface area contributed by atoms with Gasteiger partial charge in [-0.15, -0.1) is 0 Å². The number of hydrogen-bond acceptors (Lipinski definition) is 11. The van der Waals surface area contributed by atoms with Crippen molar-refractivity contribution in [3.8, 4) is 0 Å². The zero-order valence-electron chi connectivity index (χ0n) is 35.5. The monoisotopic (exact) mass is 849 g/mol. The summed E-state index contributed by atoms with van der Waals surface area (Å²) >= 11 is 0. The normalized spacial score (nSPS) is 19.1. The lowest BCUT2D eigenvalue weighted by molar-refractivity contribution is -0.144. The van der Waals surface area contributed by atoms with Gasteiger partial charge in [0.2, 0.25) is 29.5 Å². The molecule has 2 aliphatic carbocycles. The first-order chi connectivity index (χ1) is 29.0. The molecule has 0 aromatic carbocycles. The number of Topliss-reactive ketones (excluding diaryl/α,β-unsaturated/α-hetero) is 1. The van der Waals surface area contributed by atoms with Crippen LogP contribution in [0.25, 0.3) is 0 Å². The Bertz CT molecular complexity index is 1900. The Morgan fingerprint density at radius 3 is 2.28 bits per heavy atom. The van der Waals surface area contributed by atoms with E-state index in [9.17, 15) is 48.3 Å². The maximum absolute atomic E-state index is 14.5. The van der Waals surface area contributed by atoms with Crippen LogP contribution < -0.4 is 26.6 Å². The number of esters is 1. The first-order valence-electron chi connectivity index (χ1n) is 20.8. The fourth-order valence-electron chi connectivity index (χ4n) is 7.94. The SMILES string of the molecule is CNC(=O)[C@@H](NC(=O)[C@@H](NC(=O)[C@@H]1CC(=O)CN1C(=O)[C@@H](NC(=O)[C@H](CC/C=C/C(=O)OC)NC(=O)c1ccncc1C(=O)O)C(C)(C)C)C1=CCCCC1)C1CCCCC1. The van der Waals surface area contributed by atoms with Crippen molar-refractivity contribution in [3.63, 3.8) is 0 Å². The smallest absolute Gasteiger partial charge is 0.338 e. The van der Waals surface area contributed by atoms with Crippen molar-refractivity contribution in [1.29, 1.82) is 0 Å². The largest absolute Gasteiger partial charge is 0.478 e. The number of likely N-dealkylation sites (N-methyl/N-ethyl adjacent to an activating group) is 1. The van der Waals surface area contributed by atoms with E-state index in [1.807, 2.05) is 6.08 Å². The van der Waals surface area contributed by atoms with Gasteiger partial charge in [0.1, 0.15) is 30.2 Å². The van der Waals surface area contributed by atoms with Crippen molar-refractivity contribution in [2.24, 2.45) is 11.3 Å². The van der Waals surface area contributed by atoms with E-state index >= 15 is 0 Å². The van der Waals surface area contributed by atoms with E-state index in [0.717, 1.165) is 62.1 Å². The van der Waals surface area contributed by atoms with Gasteiger partial charge in [-0.2, -0.15) is 0 Å². The summed E-state index contributed by atoms with van der Waals surface area (Å²) in [5.41, 5.74) is -1.04. The number of carbonyl (C=O) groups excluding carboxylic acids is 8. The van der Waals surface area contributed by atoms with Gasteiger partial charge in [-0.05, 0) is 74.3 Å². The van der Waals surface area contributed by atoms with E-state index in [-0.39, 0.29) is 36.7 Å². The Balaban J connectivity index is 1.59. The molecule has 4 rings (SSSR count). The number of nitrogens with one attached hydrogen (secondary N) is 5. The zero-order chi connectivity index (χ0) is 44.9. The lowest BCUT2D eigenvalue weighted by atomic mass is 9.83. The Hall–Kier alpha value is -5.94. The van der Waals surface area contributed by atoms with Crippen molar-refractivity contribution in [1.82, 2.24) is 36.5 Å². The number of methoxy groups -OCH3 is 1. The van der Waals surface area contributed by atoms with E-state index in [0.29, 0.717) is 18.4 Å². The fraction of sp³-hybridized carbons (Fsp3) is 0.581. The molecule has 0 bridgehead atoms. The number of ketones is 1. The van der Waals surface area contributed by atoms with Crippen molar-refractivity contribution >= 4 is 53.2 Å². The number of rotatable bonds is 17. The van der Waals surface area contributed by atoms with Crippen LogP contribution in [0.4, 0.5) is 0 Å². The van der Waals surface area contributed by atoms with Crippen LogP contribution in [0.1, 0.15) is 119 Å². The zero-order valence-corrected chi connectivity index (χ0v) is 35.5. The van der Waals surface area contributed by atoms with Gasteiger partial charge in [0.15, 0.2) is 5.78 Å². The molecule has 6 N–H and O–H groups in total. The molecule has 18 heteroatoms. The van der Waals surface area contributed by atoms with Gasteiger partial charge >= 0.3 is 11.9 Å². The molecule has 1 saturated carbocycles. The molecule has 1 aromatic heterocycles. The number of aromatic carboxylic acids is 1. The van der Waals surface area contributed by atoms with E-state index < -0.39 is 95.0 Å². The molecule has 332 valence electrons. The third-order valence-electron chi connectivity index (χ3n) is 11.3. The third kappa shape index (κ3) is 13.0. The molecule has 5 atom stereocenters. The molecule has 18 nitrogen and oxygen atoms in total. The summed E-state index contributed by atoms with van der Waals surface area (Å²) in [4.78, 5) is 125. The van der Waals surface area contributed by atoms with Crippen LogP contribution >= 0.6 is 0 Å². The van der Waals surface area contributed by atoms with Gasteiger partial charge in [-0.3, -0.25) is 38.5 Å². The molecule has 61 heavy (non-hydrogen) atoms. The summed E-state index contributed by atoms with van der Waals surface area (Å²) in [6, 6.07) is -4.87. The van der Waals surface area contributed by atoms with Gasteiger partial charge in [-0.1, -0.05) is 52.2 Å². The van der Waals surface area contributed by atoms with E-state index in [2.05, 4.69) is 36.3 Å². The van der Waals surface area contributed by atoms with Crippen molar-refractivity contribution in [3.05, 3.63) is 53.4 Å². The van der Waals surface area contributed by atoms with Crippen molar-refractivity contribution in [2.75, 3.05) is 20.7 Å². The molecule has 0 radical (unpaired) electrons. The molecule has 0 unspecified atom stereocenters. The Morgan fingerprint density at radius 2 is 1.66 bits per heavy atom. The number of pyridine rings is 1. The van der Waals surface area contributed by atoms with Crippen molar-refractivity contribution < 1.29 is 53.0 Å². The predicted octanol–water partition coefficient (Wildman–Crippen LogP) is 1.88. The summed E-state index contributed by atoms with van der Waals surface area (Å²) in [7, 11) is 2.69. The average molecular weight is 850 g/mol. The number of carboxylic acids is 1. The van der Waals surface area contributed by atoms with Crippen LogP contribution in [0.15, 0.2) is 42.3 Å². The predicted molar refractivity (Wildman–Crippen MR) is 220 cm³/mol. The summed E-state index contributed by atoms with van der Waals surface area (Å²) in [5.74, 6) is -6.75. The Morgan fingerprint density at radius 1 is 0.934 bits per heavy atom. The van der Waals surface area contributed by atoms with Crippen LogP contribution in [-0.2, 0) is 38.3 Å². The number of hydrogen-bond donors (Lipinski definition) is 6. The van der Waals surface area contributed by atoms with Gasteiger partial charge < -0.3 is 41.3 Å². The second-order valence-electron chi connectivity index (χ2n) is 16.8. The number of carbonyl (C=O) groups is 9. The molecular formula is C43H59N7O11. The molecule has 3 aliphatic rings. The number of amides is 6. The summed E-state index contributed by atoms with van der Waals surface area (Å²) in [6.07, 6.45) is 13.6. The highest BCUT2D eigenvalue weighted by Gasteiger charge is 2.46. The van der Waals surface area contributed by atoms with Crippen LogP contribution in [0.2, 0.25) is 0 Å². The Labute approximate surface area is 355 Å². The first kappa shape index (κ1) is 47.7. The van der Waals surface area contributed by atoms with Crippen LogP contribution in [0, 0.1) is 11.3 Å². The van der Waals surface area contributed by atoms with Crippen molar-refractivity contribution in [2.45, 2.75) is 128 Å². The van der Waals surface area contributed by atoms with Gasteiger partial charge in [0.05, 0.1) is 24.8 Å². The van der Waals surface area contributed by atoms with Crippen LogP contribution in [-0.4, -0.2) is 119 Å². The number of allylic oxidation sites excluding steroid dienone is 2. The quantitative estimate of drug-likeness (QED) is 0.0747. The van der Waals surface area contributed by atoms with E-state index in [1.54, 1.807) is 20.8 Å². The standard InChI is InChI=1S/C43H59N7O11/c1-43(2,3)35(49-37(54)30(18-12-13-19-32(52)61-5)46-36(53)28-20-21-45-23-29(28)42(59)60)41(58)50-24-27(51)22-31(50)38(55)47-34(26-16-10-7-11-17-26)40(57)48-33(39(56)44-4)25-14-8-6-9-15-25/h13,16,19-21,23,25,30-31,33-35H,6-12,14-15,17-18,22,24H2,1-5H3,(H,44,56)(H,46,53)(H,47,55)(H,48,57)(H,49,54)(H,59,60)/b19-13+/t30-,31-,33-,34-,35+/m0/s1. The maximum atomic E-state index is 14.5. The average Bonchev–Trinajstić information content (AvgIpc) is 3.65. The number of likely N-dealkylation sites (tertiary alicyclic amines) is 1. The molecule has 1 saturated heterocycles. The third-order valence-corrected chi connectivity index (χ3v) is 11.3. The molecule has 1 aliphatic heterocycles. The maximum Gasteiger partial charge on any atom is 0.338 e.